The normalized spacial score (nSPS) is 39.9. The molecule has 0 radical (unpaired) electrons. The van der Waals surface area contributed by atoms with Crippen LogP contribution in [0, 0.1) is 17.3 Å². The van der Waals surface area contributed by atoms with Crippen LogP contribution in [0.4, 0.5) is 0 Å². The van der Waals surface area contributed by atoms with Crippen molar-refractivity contribution < 1.29 is 8.42 Å². The third-order valence-electron chi connectivity index (χ3n) is 5.30. The predicted molar refractivity (Wildman–Crippen MR) is 75.1 cm³/mol. The third-order valence-corrected chi connectivity index (χ3v) is 7.07. The molecule has 2 aliphatic rings. The molecule has 1 saturated heterocycles. The second-order valence-electron chi connectivity index (χ2n) is 6.40. The molecule has 0 amide bonds. The summed E-state index contributed by atoms with van der Waals surface area (Å²) in [4.78, 5) is 0. The van der Waals surface area contributed by atoms with Crippen LogP contribution in [-0.4, -0.2) is 26.5 Å². The molecule has 1 atom stereocenters. The average molecular weight is 273 g/mol. The Labute approximate surface area is 111 Å². The van der Waals surface area contributed by atoms with Gasteiger partial charge in [-0.25, -0.2) is 8.42 Å². The van der Waals surface area contributed by atoms with Crippen LogP contribution in [-0.2, 0) is 9.84 Å². The van der Waals surface area contributed by atoms with Crippen LogP contribution >= 0.6 is 0 Å². The Bertz CT molecular complexity index is 369. The SMILES string of the molecule is CCCC1CCC(CN)(C2CCS(=O)(=O)C2)CC1. The smallest absolute Gasteiger partial charge is 0.150 e. The zero-order valence-electron chi connectivity index (χ0n) is 11.5. The molecule has 3 nitrogen and oxygen atoms in total. The lowest BCUT2D eigenvalue weighted by Gasteiger charge is -2.43. The van der Waals surface area contributed by atoms with Crippen LogP contribution in [0.15, 0.2) is 0 Å². The standard InChI is InChI=1S/C14H27NO2S/c1-2-3-12-4-7-14(11-15,8-5-12)13-6-9-18(16,17)10-13/h12-13H,2-11,15H2,1H3. The largest absolute Gasteiger partial charge is 0.330 e. The lowest BCUT2D eigenvalue weighted by atomic mass is 9.63. The topological polar surface area (TPSA) is 60.2 Å². The molecule has 1 unspecified atom stereocenters. The van der Waals surface area contributed by atoms with Crippen molar-refractivity contribution in [3.63, 3.8) is 0 Å². The van der Waals surface area contributed by atoms with Gasteiger partial charge in [0.2, 0.25) is 0 Å². The molecule has 1 saturated carbocycles. The van der Waals surface area contributed by atoms with Gasteiger partial charge in [-0.05, 0) is 55.9 Å². The van der Waals surface area contributed by atoms with Crippen LogP contribution in [0.5, 0.6) is 0 Å². The Hall–Kier alpha value is -0.0900. The fraction of sp³-hybridized carbons (Fsp3) is 1.00. The zero-order valence-corrected chi connectivity index (χ0v) is 12.3. The minimum Gasteiger partial charge on any atom is -0.330 e. The highest BCUT2D eigenvalue weighted by Crippen LogP contribution is 2.48. The van der Waals surface area contributed by atoms with Crippen molar-refractivity contribution in [3.8, 4) is 0 Å². The van der Waals surface area contributed by atoms with Crippen LogP contribution in [0.2, 0.25) is 0 Å². The molecule has 1 heterocycles. The fourth-order valence-corrected chi connectivity index (χ4v) is 5.95. The van der Waals surface area contributed by atoms with E-state index in [4.69, 9.17) is 5.73 Å². The Morgan fingerprint density at radius 2 is 1.89 bits per heavy atom. The predicted octanol–water partition coefficient (Wildman–Crippen LogP) is 2.36. The number of sulfone groups is 1. The Morgan fingerprint density at radius 1 is 1.22 bits per heavy atom. The molecule has 0 aromatic rings. The highest BCUT2D eigenvalue weighted by Gasteiger charge is 2.45. The minimum atomic E-state index is -2.77. The lowest BCUT2D eigenvalue weighted by molar-refractivity contribution is 0.0908. The zero-order chi connectivity index (χ0) is 13.2. The van der Waals surface area contributed by atoms with Gasteiger partial charge in [-0.3, -0.25) is 0 Å². The first-order valence-corrected chi connectivity index (χ1v) is 9.24. The number of rotatable bonds is 4. The third kappa shape index (κ3) is 2.90. The Kier molecular flexibility index (Phi) is 4.37. The van der Waals surface area contributed by atoms with Gasteiger partial charge in [-0.2, -0.15) is 0 Å². The molecule has 2 fully saturated rings. The van der Waals surface area contributed by atoms with Crippen molar-refractivity contribution in [1.82, 2.24) is 0 Å². The van der Waals surface area contributed by atoms with E-state index in [0.717, 1.165) is 25.2 Å². The number of nitrogens with two attached hydrogens (primary N) is 1. The van der Waals surface area contributed by atoms with E-state index in [0.29, 0.717) is 24.0 Å². The Balaban J connectivity index is 2.01. The molecule has 4 heteroatoms. The van der Waals surface area contributed by atoms with E-state index in [1.54, 1.807) is 0 Å². The molecule has 106 valence electrons. The maximum atomic E-state index is 11.7. The average Bonchev–Trinajstić information content (AvgIpc) is 2.72. The van der Waals surface area contributed by atoms with Crippen LogP contribution in [0.25, 0.3) is 0 Å². The van der Waals surface area contributed by atoms with Gasteiger partial charge >= 0.3 is 0 Å². The van der Waals surface area contributed by atoms with Gasteiger partial charge in [0.25, 0.3) is 0 Å². The highest BCUT2D eigenvalue weighted by atomic mass is 32.2. The van der Waals surface area contributed by atoms with Crippen molar-refractivity contribution >= 4 is 9.84 Å². The summed E-state index contributed by atoms with van der Waals surface area (Å²) in [5.41, 5.74) is 6.16. The monoisotopic (exact) mass is 273 g/mol. The van der Waals surface area contributed by atoms with Crippen LogP contribution in [0.1, 0.15) is 51.9 Å². The van der Waals surface area contributed by atoms with E-state index >= 15 is 0 Å². The van der Waals surface area contributed by atoms with Crippen molar-refractivity contribution in [2.24, 2.45) is 23.0 Å². The summed E-state index contributed by atoms with van der Waals surface area (Å²) in [5.74, 6) is 1.96. The maximum absolute atomic E-state index is 11.7. The van der Waals surface area contributed by atoms with Crippen molar-refractivity contribution in [3.05, 3.63) is 0 Å². The van der Waals surface area contributed by atoms with Gasteiger partial charge in [0.15, 0.2) is 9.84 Å². The van der Waals surface area contributed by atoms with E-state index in [2.05, 4.69) is 6.92 Å². The van der Waals surface area contributed by atoms with E-state index in [9.17, 15) is 8.42 Å². The van der Waals surface area contributed by atoms with Gasteiger partial charge in [0.1, 0.15) is 0 Å². The summed E-state index contributed by atoms with van der Waals surface area (Å²) in [6.07, 6.45) is 8.23. The molecule has 2 rings (SSSR count). The Morgan fingerprint density at radius 3 is 2.33 bits per heavy atom. The van der Waals surface area contributed by atoms with Crippen LogP contribution < -0.4 is 5.73 Å². The molecule has 0 bridgehead atoms. The molecule has 0 aromatic carbocycles. The second-order valence-corrected chi connectivity index (χ2v) is 8.63. The molecule has 2 N–H and O–H groups in total. The fourth-order valence-electron chi connectivity index (χ4n) is 4.01. The molecule has 0 aromatic heterocycles. The molecular formula is C14H27NO2S. The highest BCUT2D eigenvalue weighted by molar-refractivity contribution is 7.91. The molecule has 0 spiro atoms. The molecule has 1 aliphatic carbocycles. The quantitative estimate of drug-likeness (QED) is 0.855. The summed E-state index contributed by atoms with van der Waals surface area (Å²) in [5, 5.41) is 0. The van der Waals surface area contributed by atoms with Crippen molar-refractivity contribution in [2.45, 2.75) is 51.9 Å². The minimum absolute atomic E-state index is 0.133. The summed E-state index contributed by atoms with van der Waals surface area (Å²) in [6.45, 7) is 2.92. The first-order valence-electron chi connectivity index (χ1n) is 7.42. The molecule has 18 heavy (non-hydrogen) atoms. The van der Waals surface area contributed by atoms with E-state index in [-0.39, 0.29) is 5.41 Å². The summed E-state index contributed by atoms with van der Waals surface area (Å²) in [6, 6.07) is 0. The summed E-state index contributed by atoms with van der Waals surface area (Å²) >= 11 is 0. The maximum Gasteiger partial charge on any atom is 0.150 e. The number of hydrogen-bond donors (Lipinski definition) is 1. The van der Waals surface area contributed by atoms with Gasteiger partial charge < -0.3 is 5.73 Å². The second kappa shape index (κ2) is 5.49. The molecule has 1 aliphatic heterocycles. The van der Waals surface area contributed by atoms with Gasteiger partial charge in [0, 0.05) is 0 Å². The first-order chi connectivity index (χ1) is 8.51. The van der Waals surface area contributed by atoms with E-state index in [1.807, 2.05) is 0 Å². The summed E-state index contributed by atoms with van der Waals surface area (Å²) in [7, 11) is -2.77. The number of hydrogen-bond acceptors (Lipinski definition) is 3. The van der Waals surface area contributed by atoms with Gasteiger partial charge in [0.05, 0.1) is 11.5 Å². The van der Waals surface area contributed by atoms with Gasteiger partial charge in [-0.1, -0.05) is 19.8 Å². The lowest BCUT2D eigenvalue weighted by Crippen LogP contribution is -2.41. The van der Waals surface area contributed by atoms with E-state index < -0.39 is 9.84 Å². The van der Waals surface area contributed by atoms with E-state index in [1.165, 1.54) is 25.7 Å². The first kappa shape index (κ1) is 14.3. The summed E-state index contributed by atoms with van der Waals surface area (Å²) < 4.78 is 23.3. The van der Waals surface area contributed by atoms with Gasteiger partial charge in [-0.15, -0.1) is 0 Å². The van der Waals surface area contributed by atoms with Crippen LogP contribution in [0.3, 0.4) is 0 Å². The van der Waals surface area contributed by atoms with Crippen molar-refractivity contribution in [1.29, 1.82) is 0 Å². The molecular weight excluding hydrogens is 246 g/mol. The van der Waals surface area contributed by atoms with Crippen molar-refractivity contribution in [2.75, 3.05) is 18.1 Å².